The molecule has 4 rings (SSSR count). The summed E-state index contributed by atoms with van der Waals surface area (Å²) in [5.74, 6) is 0.571. The maximum atomic E-state index is 12.0. The van der Waals surface area contributed by atoms with Crippen LogP contribution in [0.15, 0.2) is 31.1 Å². The van der Waals surface area contributed by atoms with Crippen molar-refractivity contribution in [2.45, 2.75) is 45.7 Å². The minimum atomic E-state index is -0.948. The number of carbonyl (C=O) groups is 1. The van der Waals surface area contributed by atoms with Gasteiger partial charge >= 0.3 is 6.09 Å². The Balaban J connectivity index is 1.93. The minimum absolute atomic E-state index is 0.0486. The van der Waals surface area contributed by atoms with Gasteiger partial charge in [0.2, 0.25) is 0 Å². The van der Waals surface area contributed by atoms with Gasteiger partial charge in [0.05, 0.1) is 42.4 Å². The molecule has 1 amide bonds. The first-order chi connectivity index (χ1) is 13.4. The van der Waals surface area contributed by atoms with Crippen LogP contribution in [-0.4, -0.2) is 42.6 Å². The molecule has 2 aromatic rings. The summed E-state index contributed by atoms with van der Waals surface area (Å²) in [6, 6.07) is -0.313. The molecular weight excluding hydrogens is 358 g/mol. The van der Waals surface area contributed by atoms with Gasteiger partial charge in [-0.2, -0.15) is 0 Å². The number of ether oxygens (including phenoxy) is 1. The highest BCUT2D eigenvalue weighted by atomic mass is 16.5. The molecule has 8 heteroatoms. The first-order valence-electron chi connectivity index (χ1n) is 9.30. The van der Waals surface area contributed by atoms with E-state index in [4.69, 9.17) is 14.7 Å². The van der Waals surface area contributed by atoms with E-state index >= 15 is 0 Å². The van der Waals surface area contributed by atoms with Gasteiger partial charge < -0.3 is 9.84 Å². The van der Waals surface area contributed by atoms with Crippen LogP contribution < -0.4 is 0 Å². The third-order valence-electron chi connectivity index (χ3n) is 5.15. The summed E-state index contributed by atoms with van der Waals surface area (Å²) in [5, 5.41) is 9.83. The van der Waals surface area contributed by atoms with E-state index in [2.05, 4.69) is 9.97 Å². The number of fused-ring (bicyclic) bond motifs is 1. The molecule has 28 heavy (non-hydrogen) atoms. The highest BCUT2D eigenvalue weighted by Crippen LogP contribution is 2.48. The summed E-state index contributed by atoms with van der Waals surface area (Å²) >= 11 is 0. The Morgan fingerprint density at radius 3 is 2.61 bits per heavy atom. The van der Waals surface area contributed by atoms with Crippen LogP contribution in [0.4, 0.5) is 4.79 Å². The number of aromatic nitrogens is 4. The monoisotopic (exact) mass is 381 g/mol. The number of amides is 1. The molecule has 0 bridgehead atoms. The molecule has 1 N–H and O–H groups in total. The summed E-state index contributed by atoms with van der Waals surface area (Å²) < 4.78 is 5.36. The predicted molar refractivity (Wildman–Crippen MR) is 101 cm³/mol. The normalized spacial score (nSPS) is 21.3. The lowest BCUT2D eigenvalue weighted by atomic mass is 9.80. The average Bonchev–Trinajstić information content (AvgIpc) is 3.09. The van der Waals surface area contributed by atoms with Gasteiger partial charge in [0.15, 0.2) is 5.82 Å². The van der Waals surface area contributed by atoms with Gasteiger partial charge in [0, 0.05) is 23.9 Å². The molecule has 0 aromatic carbocycles. The van der Waals surface area contributed by atoms with E-state index in [9.17, 15) is 9.90 Å². The van der Waals surface area contributed by atoms with Crippen LogP contribution in [0, 0.1) is 5.41 Å². The van der Waals surface area contributed by atoms with E-state index in [0.717, 1.165) is 23.4 Å². The van der Waals surface area contributed by atoms with Crippen LogP contribution in [0.2, 0.25) is 0 Å². The van der Waals surface area contributed by atoms with Crippen LogP contribution in [0.1, 0.15) is 56.1 Å². The maximum Gasteiger partial charge on any atom is 0.408 e. The number of nitrogens with zero attached hydrogens (tertiary/aromatic N) is 5. The number of rotatable bonds is 2. The molecule has 0 radical (unpaired) electrons. The van der Waals surface area contributed by atoms with E-state index in [1.165, 1.54) is 11.2 Å². The summed E-state index contributed by atoms with van der Waals surface area (Å²) in [5.41, 5.74) is 2.96. The molecule has 0 spiro atoms. The Kier molecular flexibility index (Phi) is 4.49. The standard InChI is InChI=1S/C20H23N5O3/c1-20(2,3)17-15-14(10-25(17)19(26)27)23-18(13-8-21-11-22-9-13)24-16(15)12-4-6-28-7-5-12/h4,6,8-9,11-12,17H,5,7,10H2,1-3H3,(H,26,27). The Hall–Kier alpha value is -3.03. The fourth-order valence-corrected chi connectivity index (χ4v) is 4.00. The van der Waals surface area contributed by atoms with Crippen molar-refractivity contribution in [2.75, 3.05) is 6.61 Å². The quantitative estimate of drug-likeness (QED) is 0.849. The minimum Gasteiger partial charge on any atom is -0.501 e. The van der Waals surface area contributed by atoms with Crippen molar-refractivity contribution < 1.29 is 14.6 Å². The van der Waals surface area contributed by atoms with E-state index in [1.807, 2.05) is 26.8 Å². The van der Waals surface area contributed by atoms with Gasteiger partial charge in [-0.3, -0.25) is 4.90 Å². The van der Waals surface area contributed by atoms with Gasteiger partial charge in [-0.25, -0.2) is 24.7 Å². The van der Waals surface area contributed by atoms with Gasteiger partial charge in [0.1, 0.15) is 6.33 Å². The van der Waals surface area contributed by atoms with Crippen molar-refractivity contribution in [1.82, 2.24) is 24.8 Å². The molecule has 2 aliphatic rings. The van der Waals surface area contributed by atoms with Crippen molar-refractivity contribution in [3.63, 3.8) is 0 Å². The lowest BCUT2D eigenvalue weighted by Crippen LogP contribution is -2.36. The second-order valence-corrected chi connectivity index (χ2v) is 8.19. The molecule has 0 saturated heterocycles. The molecule has 2 aliphatic heterocycles. The zero-order valence-corrected chi connectivity index (χ0v) is 16.2. The number of hydrogen-bond donors (Lipinski definition) is 1. The Bertz CT molecular complexity index is 923. The molecular formula is C20H23N5O3. The topological polar surface area (TPSA) is 101 Å². The summed E-state index contributed by atoms with van der Waals surface area (Å²) in [6.07, 6.45) is 8.32. The number of hydrogen-bond acceptors (Lipinski definition) is 6. The van der Waals surface area contributed by atoms with E-state index in [-0.39, 0.29) is 23.9 Å². The summed E-state index contributed by atoms with van der Waals surface area (Å²) in [7, 11) is 0. The second-order valence-electron chi connectivity index (χ2n) is 8.19. The van der Waals surface area contributed by atoms with E-state index in [1.54, 1.807) is 18.7 Å². The van der Waals surface area contributed by atoms with E-state index < -0.39 is 6.09 Å². The summed E-state index contributed by atoms with van der Waals surface area (Å²) in [4.78, 5) is 31.2. The Morgan fingerprint density at radius 1 is 1.25 bits per heavy atom. The molecule has 2 unspecified atom stereocenters. The SMILES string of the molecule is CC(C)(C)C1c2c(nc(-c3cncnc3)nc2C2C=COCC2)CN1C(=O)O. The molecule has 0 saturated carbocycles. The highest BCUT2D eigenvalue weighted by Gasteiger charge is 2.45. The van der Waals surface area contributed by atoms with Crippen molar-refractivity contribution in [3.8, 4) is 11.4 Å². The van der Waals surface area contributed by atoms with Gasteiger partial charge in [-0.15, -0.1) is 0 Å². The Labute approximate surface area is 163 Å². The second kappa shape index (κ2) is 6.85. The van der Waals surface area contributed by atoms with Crippen LogP contribution in [-0.2, 0) is 11.3 Å². The fourth-order valence-electron chi connectivity index (χ4n) is 4.00. The maximum absolute atomic E-state index is 12.0. The zero-order chi connectivity index (χ0) is 19.9. The third-order valence-corrected chi connectivity index (χ3v) is 5.15. The Morgan fingerprint density at radius 2 is 2.00 bits per heavy atom. The smallest absolute Gasteiger partial charge is 0.408 e. The molecule has 8 nitrogen and oxygen atoms in total. The highest BCUT2D eigenvalue weighted by molar-refractivity contribution is 5.68. The van der Waals surface area contributed by atoms with Crippen molar-refractivity contribution in [1.29, 1.82) is 0 Å². The van der Waals surface area contributed by atoms with Gasteiger partial charge in [0.25, 0.3) is 0 Å². The van der Waals surface area contributed by atoms with Gasteiger partial charge in [-0.1, -0.05) is 20.8 Å². The van der Waals surface area contributed by atoms with Crippen LogP contribution >= 0.6 is 0 Å². The third kappa shape index (κ3) is 3.19. The van der Waals surface area contributed by atoms with Crippen molar-refractivity contribution in [3.05, 3.63) is 48.0 Å². The van der Waals surface area contributed by atoms with Crippen molar-refractivity contribution >= 4 is 6.09 Å². The van der Waals surface area contributed by atoms with E-state index in [0.29, 0.717) is 18.0 Å². The molecule has 4 heterocycles. The summed E-state index contributed by atoms with van der Waals surface area (Å²) in [6.45, 7) is 6.99. The molecule has 0 fully saturated rings. The first kappa shape index (κ1) is 18.3. The molecule has 2 atom stereocenters. The zero-order valence-electron chi connectivity index (χ0n) is 16.2. The molecule has 2 aromatic heterocycles. The average molecular weight is 381 g/mol. The molecule has 146 valence electrons. The van der Waals surface area contributed by atoms with Crippen LogP contribution in [0.5, 0.6) is 0 Å². The lowest BCUT2D eigenvalue weighted by Gasteiger charge is -2.35. The van der Waals surface area contributed by atoms with Crippen LogP contribution in [0.25, 0.3) is 11.4 Å². The fraction of sp³-hybridized carbons (Fsp3) is 0.450. The lowest BCUT2D eigenvalue weighted by molar-refractivity contribution is 0.0893. The molecule has 0 aliphatic carbocycles. The first-order valence-corrected chi connectivity index (χ1v) is 9.30. The van der Waals surface area contributed by atoms with Crippen LogP contribution in [0.3, 0.4) is 0 Å². The van der Waals surface area contributed by atoms with Gasteiger partial charge in [-0.05, 0) is 17.9 Å². The number of allylic oxidation sites excluding steroid dienone is 1. The predicted octanol–water partition coefficient (Wildman–Crippen LogP) is 3.53. The van der Waals surface area contributed by atoms with Crippen molar-refractivity contribution in [2.24, 2.45) is 5.41 Å². The largest absolute Gasteiger partial charge is 0.501 e. The number of carboxylic acid groups (broad SMARTS) is 1.